The van der Waals surface area contributed by atoms with Crippen molar-refractivity contribution in [2.24, 2.45) is 0 Å². The smallest absolute Gasteiger partial charge is 0.368 e. The molecule has 0 bridgehead atoms. The summed E-state index contributed by atoms with van der Waals surface area (Å²) in [4.78, 5) is 27.0. The van der Waals surface area contributed by atoms with Gasteiger partial charge in [-0.25, -0.2) is 4.98 Å². The van der Waals surface area contributed by atoms with Gasteiger partial charge in [0.1, 0.15) is 11.7 Å². The van der Waals surface area contributed by atoms with Crippen LogP contribution in [0.3, 0.4) is 0 Å². The lowest BCUT2D eigenvalue weighted by molar-refractivity contribution is -0.384. The van der Waals surface area contributed by atoms with Gasteiger partial charge in [0.25, 0.3) is 5.69 Å². The molecule has 2 aromatic rings. The zero-order valence-corrected chi connectivity index (χ0v) is 13.9. The molecule has 25 heavy (non-hydrogen) atoms. The molecule has 2 rings (SSSR count). The molecule has 0 spiro atoms. The van der Waals surface area contributed by atoms with Gasteiger partial charge in [0.05, 0.1) is 10.5 Å². The number of carbonyl (C=O) groups excluding carboxylic acids is 1. The maximum Gasteiger partial charge on any atom is 0.416 e. The average Bonchev–Trinajstić information content (AvgIpc) is 2.91. The highest BCUT2D eigenvalue weighted by Gasteiger charge is 2.33. The monoisotopic (exact) mass is 374 g/mol. The summed E-state index contributed by atoms with van der Waals surface area (Å²) < 4.78 is 38.1. The number of aromatic nitrogens is 1. The molecule has 1 amide bonds. The summed E-state index contributed by atoms with van der Waals surface area (Å²) in [5.74, 6) is -0.524. The third kappa shape index (κ3) is 4.66. The van der Waals surface area contributed by atoms with Gasteiger partial charge in [-0.1, -0.05) is 0 Å². The molecular weight excluding hydrogens is 361 g/mol. The molecular formula is C14H13F3N4O3S. The Hall–Kier alpha value is -2.69. The van der Waals surface area contributed by atoms with E-state index in [0.717, 1.165) is 10.9 Å². The molecule has 134 valence electrons. The number of benzene rings is 1. The number of carbonyl (C=O) groups is 1. The first kappa shape index (κ1) is 18.6. The van der Waals surface area contributed by atoms with Crippen molar-refractivity contribution in [1.29, 1.82) is 0 Å². The first-order valence-corrected chi connectivity index (χ1v) is 7.75. The van der Waals surface area contributed by atoms with Crippen molar-refractivity contribution in [3.8, 4) is 0 Å². The van der Waals surface area contributed by atoms with E-state index in [9.17, 15) is 28.1 Å². The Morgan fingerprint density at radius 2 is 2.08 bits per heavy atom. The fourth-order valence-corrected chi connectivity index (χ4v) is 2.57. The van der Waals surface area contributed by atoms with E-state index in [-0.39, 0.29) is 5.69 Å². The van der Waals surface area contributed by atoms with Crippen LogP contribution in [0.25, 0.3) is 0 Å². The molecule has 0 saturated carbocycles. The highest BCUT2D eigenvalue weighted by atomic mass is 32.1. The van der Waals surface area contributed by atoms with Crippen LogP contribution < -0.4 is 10.6 Å². The van der Waals surface area contributed by atoms with E-state index in [1.165, 1.54) is 18.3 Å². The van der Waals surface area contributed by atoms with Crippen molar-refractivity contribution in [3.63, 3.8) is 0 Å². The lowest BCUT2D eigenvalue weighted by Crippen LogP contribution is -2.32. The van der Waals surface area contributed by atoms with E-state index in [1.807, 2.05) is 0 Å². The second-order valence-electron chi connectivity index (χ2n) is 5.12. The Kier molecular flexibility index (Phi) is 5.26. The number of halogens is 3. The van der Waals surface area contributed by atoms with Gasteiger partial charge < -0.3 is 10.6 Å². The second-order valence-corrected chi connectivity index (χ2v) is 6.35. The van der Waals surface area contributed by atoms with E-state index in [0.29, 0.717) is 17.3 Å². The third-order valence-electron chi connectivity index (χ3n) is 3.14. The van der Waals surface area contributed by atoms with E-state index < -0.39 is 34.3 Å². The third-order valence-corrected chi connectivity index (χ3v) is 3.97. The van der Waals surface area contributed by atoms with Crippen molar-refractivity contribution in [2.75, 3.05) is 10.6 Å². The number of aryl methyl sites for hydroxylation is 1. The van der Waals surface area contributed by atoms with Gasteiger partial charge in [-0.3, -0.25) is 14.9 Å². The number of alkyl halides is 3. The Morgan fingerprint density at radius 3 is 2.60 bits per heavy atom. The van der Waals surface area contributed by atoms with Crippen LogP contribution in [0.2, 0.25) is 0 Å². The first-order valence-electron chi connectivity index (χ1n) is 6.93. The van der Waals surface area contributed by atoms with Crippen LogP contribution in [-0.4, -0.2) is 21.9 Å². The maximum absolute atomic E-state index is 12.7. The van der Waals surface area contributed by atoms with Crippen LogP contribution in [0.1, 0.15) is 17.4 Å². The normalized spacial score (nSPS) is 12.5. The van der Waals surface area contributed by atoms with Gasteiger partial charge in [-0.05, 0) is 26.0 Å². The average molecular weight is 374 g/mol. The van der Waals surface area contributed by atoms with Gasteiger partial charge in [0.15, 0.2) is 5.13 Å². The Bertz CT molecular complexity index is 807. The van der Waals surface area contributed by atoms with Crippen LogP contribution in [0.5, 0.6) is 0 Å². The topological polar surface area (TPSA) is 97.2 Å². The lowest BCUT2D eigenvalue weighted by Gasteiger charge is -2.15. The van der Waals surface area contributed by atoms with Crippen molar-refractivity contribution >= 4 is 33.8 Å². The molecule has 0 aliphatic rings. The van der Waals surface area contributed by atoms with Gasteiger partial charge >= 0.3 is 6.18 Å². The largest absolute Gasteiger partial charge is 0.416 e. The van der Waals surface area contributed by atoms with Gasteiger partial charge in [-0.2, -0.15) is 13.2 Å². The zero-order chi connectivity index (χ0) is 18.8. The number of anilines is 2. The molecule has 0 aliphatic heterocycles. The summed E-state index contributed by atoms with van der Waals surface area (Å²) in [5.41, 5.74) is -2.09. The Morgan fingerprint density at radius 1 is 1.40 bits per heavy atom. The molecule has 0 aliphatic carbocycles. The lowest BCUT2D eigenvalue weighted by atomic mass is 10.1. The van der Waals surface area contributed by atoms with E-state index >= 15 is 0 Å². The predicted octanol–water partition coefficient (Wildman–Crippen LogP) is 3.82. The van der Waals surface area contributed by atoms with Crippen molar-refractivity contribution in [3.05, 3.63) is 45.0 Å². The Labute approximate surface area is 144 Å². The van der Waals surface area contributed by atoms with Crippen LogP contribution in [0.4, 0.5) is 29.7 Å². The summed E-state index contributed by atoms with van der Waals surface area (Å²) in [6.07, 6.45) is -3.13. The molecule has 1 heterocycles. The van der Waals surface area contributed by atoms with E-state index in [4.69, 9.17) is 0 Å². The second kappa shape index (κ2) is 7.05. The highest BCUT2D eigenvalue weighted by molar-refractivity contribution is 7.15. The molecule has 0 saturated heterocycles. The molecule has 11 heteroatoms. The molecule has 2 N–H and O–H groups in total. The summed E-state index contributed by atoms with van der Waals surface area (Å²) in [5, 5.41) is 16.5. The molecule has 7 nitrogen and oxygen atoms in total. The SMILES string of the molecule is Cc1cnc(NC(=O)[C@H](C)Nc2ccc(C(F)(F)F)cc2[N+](=O)[O-])s1. The minimum absolute atomic E-state index is 0.184. The number of hydrogen-bond donors (Lipinski definition) is 2. The van der Waals surface area contributed by atoms with Gasteiger partial charge in [0.2, 0.25) is 5.91 Å². The van der Waals surface area contributed by atoms with Crippen LogP contribution in [0, 0.1) is 17.0 Å². The molecule has 0 unspecified atom stereocenters. The summed E-state index contributed by atoms with van der Waals surface area (Å²) >= 11 is 1.25. The zero-order valence-electron chi connectivity index (χ0n) is 13.0. The predicted molar refractivity (Wildman–Crippen MR) is 86.7 cm³/mol. The molecule has 1 atom stereocenters. The molecule has 0 radical (unpaired) electrons. The fourth-order valence-electron chi connectivity index (χ4n) is 1.91. The molecule has 0 fully saturated rings. The van der Waals surface area contributed by atoms with Crippen molar-refractivity contribution < 1.29 is 22.9 Å². The van der Waals surface area contributed by atoms with Gasteiger partial charge in [-0.15, -0.1) is 11.3 Å². The number of nitro benzene ring substituents is 1. The van der Waals surface area contributed by atoms with E-state index in [1.54, 1.807) is 13.1 Å². The number of rotatable bonds is 5. The standard InChI is InChI=1S/C14H13F3N4O3S/c1-7-6-18-13(25-7)20-12(22)8(2)19-10-4-3-9(14(15,16)17)5-11(10)21(23)24/h3-6,8,19H,1-2H3,(H,18,20,22)/t8-/m0/s1. The van der Waals surface area contributed by atoms with Crippen molar-refractivity contribution in [2.45, 2.75) is 26.1 Å². The quantitative estimate of drug-likeness (QED) is 0.613. The van der Waals surface area contributed by atoms with Crippen LogP contribution >= 0.6 is 11.3 Å². The number of amides is 1. The molecule has 1 aromatic heterocycles. The minimum Gasteiger partial charge on any atom is -0.368 e. The fraction of sp³-hybridized carbons (Fsp3) is 0.286. The Balaban J connectivity index is 2.17. The maximum atomic E-state index is 12.7. The number of nitrogens with one attached hydrogen (secondary N) is 2. The summed E-state index contributed by atoms with van der Waals surface area (Å²) in [7, 11) is 0. The number of hydrogen-bond acceptors (Lipinski definition) is 6. The first-order chi connectivity index (χ1) is 11.6. The number of nitrogens with zero attached hydrogens (tertiary/aromatic N) is 2. The van der Waals surface area contributed by atoms with Gasteiger partial charge in [0, 0.05) is 17.1 Å². The number of nitro groups is 1. The summed E-state index contributed by atoms with van der Waals surface area (Å²) in [6.45, 7) is 3.23. The summed E-state index contributed by atoms with van der Waals surface area (Å²) in [6, 6.07) is 1.14. The van der Waals surface area contributed by atoms with Crippen LogP contribution in [0.15, 0.2) is 24.4 Å². The van der Waals surface area contributed by atoms with E-state index in [2.05, 4.69) is 15.6 Å². The number of thiazole rings is 1. The van der Waals surface area contributed by atoms with Crippen LogP contribution in [-0.2, 0) is 11.0 Å². The molecule has 1 aromatic carbocycles. The highest BCUT2D eigenvalue weighted by Crippen LogP contribution is 2.35. The minimum atomic E-state index is -4.70. The van der Waals surface area contributed by atoms with Crippen molar-refractivity contribution in [1.82, 2.24) is 4.98 Å².